The molecule has 1 N–H and O–H groups in total. The molecule has 1 saturated heterocycles. The number of halogens is 1. The average molecular weight is 482 g/mol. The van der Waals surface area contributed by atoms with Gasteiger partial charge in [-0.05, 0) is 54.5 Å². The fraction of sp³-hybridized carbons (Fsp3) is 0.444. The molecule has 0 spiro atoms. The molecule has 35 heavy (non-hydrogen) atoms. The zero-order chi connectivity index (χ0) is 24.9. The smallest absolute Gasteiger partial charge is 0.252 e. The summed E-state index contributed by atoms with van der Waals surface area (Å²) in [6.45, 7) is 1.19. The van der Waals surface area contributed by atoms with Crippen molar-refractivity contribution in [3.05, 3.63) is 71.0 Å². The van der Waals surface area contributed by atoms with Gasteiger partial charge in [0.1, 0.15) is 12.4 Å². The number of piperidine rings is 1. The maximum atomic E-state index is 13.4. The van der Waals surface area contributed by atoms with Crippen molar-refractivity contribution in [2.45, 2.75) is 37.8 Å². The minimum absolute atomic E-state index is 0.00231. The van der Waals surface area contributed by atoms with E-state index >= 15 is 0 Å². The van der Waals surface area contributed by atoms with Crippen LogP contribution in [0.15, 0.2) is 48.5 Å². The van der Waals surface area contributed by atoms with Crippen LogP contribution < -0.4 is 5.32 Å². The molecule has 0 bridgehead atoms. The molecule has 1 fully saturated rings. The Bertz CT molecular complexity index is 1070. The second-order valence-corrected chi connectivity index (χ2v) is 9.37. The third-order valence-corrected chi connectivity index (χ3v) is 7.22. The van der Waals surface area contributed by atoms with Crippen molar-refractivity contribution >= 4 is 17.7 Å². The number of fused-ring (bicyclic) bond motifs is 1. The summed E-state index contributed by atoms with van der Waals surface area (Å²) in [4.78, 5) is 41.4. The van der Waals surface area contributed by atoms with E-state index in [9.17, 15) is 18.8 Å². The molecule has 0 saturated carbocycles. The molecule has 186 valence electrons. The number of amides is 3. The van der Waals surface area contributed by atoms with Crippen LogP contribution in [0.4, 0.5) is 4.39 Å². The lowest BCUT2D eigenvalue weighted by Crippen LogP contribution is -2.49. The van der Waals surface area contributed by atoms with E-state index in [-0.39, 0.29) is 54.6 Å². The summed E-state index contributed by atoms with van der Waals surface area (Å²) in [5.41, 5.74) is 2.47. The van der Waals surface area contributed by atoms with E-state index in [1.54, 1.807) is 30.1 Å². The minimum Gasteiger partial charge on any atom is -0.375 e. The summed E-state index contributed by atoms with van der Waals surface area (Å²) in [5.74, 6) is -0.313. The van der Waals surface area contributed by atoms with Crippen molar-refractivity contribution in [2.24, 2.45) is 5.92 Å². The van der Waals surface area contributed by atoms with E-state index < -0.39 is 0 Å². The molecule has 2 atom stereocenters. The molecule has 0 radical (unpaired) electrons. The van der Waals surface area contributed by atoms with Gasteiger partial charge < -0.3 is 19.9 Å². The van der Waals surface area contributed by atoms with Crippen molar-refractivity contribution in [2.75, 3.05) is 33.9 Å². The molecule has 7 nitrogen and oxygen atoms in total. The van der Waals surface area contributed by atoms with Crippen LogP contribution in [-0.2, 0) is 20.7 Å². The summed E-state index contributed by atoms with van der Waals surface area (Å²) < 4.78 is 18.4. The predicted octanol–water partition coefficient (Wildman–Crippen LogP) is 2.96. The Morgan fingerprint density at radius 3 is 2.51 bits per heavy atom. The van der Waals surface area contributed by atoms with Crippen LogP contribution in [0.5, 0.6) is 0 Å². The number of likely N-dealkylation sites (tertiary alicyclic amines) is 1. The minimum atomic E-state index is -0.298. The highest BCUT2D eigenvalue weighted by atomic mass is 19.1. The van der Waals surface area contributed by atoms with Crippen molar-refractivity contribution in [1.29, 1.82) is 0 Å². The zero-order valence-corrected chi connectivity index (χ0v) is 20.2. The van der Waals surface area contributed by atoms with Crippen molar-refractivity contribution < 1.29 is 23.5 Å². The lowest BCUT2D eigenvalue weighted by atomic mass is 9.84. The number of carbonyl (C=O) groups excluding carboxylic acids is 3. The van der Waals surface area contributed by atoms with Crippen LogP contribution >= 0.6 is 0 Å². The van der Waals surface area contributed by atoms with Crippen LogP contribution in [0.25, 0.3) is 0 Å². The van der Waals surface area contributed by atoms with Gasteiger partial charge in [-0.15, -0.1) is 0 Å². The van der Waals surface area contributed by atoms with Crippen LogP contribution in [0.1, 0.15) is 46.8 Å². The number of rotatable bonds is 8. The summed E-state index contributed by atoms with van der Waals surface area (Å²) in [6.07, 6.45) is 2.36. The Balaban J connectivity index is 1.39. The summed E-state index contributed by atoms with van der Waals surface area (Å²) in [5, 5.41) is 2.92. The van der Waals surface area contributed by atoms with Gasteiger partial charge >= 0.3 is 0 Å². The van der Waals surface area contributed by atoms with Crippen LogP contribution in [-0.4, -0.2) is 67.4 Å². The molecule has 2 aliphatic rings. The van der Waals surface area contributed by atoms with Gasteiger partial charge in [0.25, 0.3) is 5.91 Å². The predicted molar refractivity (Wildman–Crippen MR) is 129 cm³/mol. The average Bonchev–Trinajstić information content (AvgIpc) is 3.18. The van der Waals surface area contributed by atoms with Gasteiger partial charge in [-0.25, -0.2) is 4.39 Å². The first-order chi connectivity index (χ1) is 16.9. The standard InChI is InChI=1S/C27H32FN3O4/c1-30(26(33)17-35-2)24(15-18-7-9-20(28)10-8-18)19-11-13-31(14-12-19)25(32)16-23-21-5-3-4-6-22(21)27(34)29-23/h3-10,19,23-24H,11-17H2,1-2H3,(H,29,34)/t23-,24+/m1/s1. The quantitative estimate of drug-likeness (QED) is 0.629. The number of nitrogens with one attached hydrogen (secondary N) is 1. The normalized spacial score (nSPS) is 18.7. The summed E-state index contributed by atoms with van der Waals surface area (Å²) in [6, 6.07) is 13.4. The SMILES string of the molecule is COCC(=O)N(C)[C@@H](Cc1ccc(F)cc1)C1CCN(C(=O)C[C@H]2NC(=O)c3ccccc32)CC1. The molecular weight excluding hydrogens is 449 g/mol. The molecule has 2 heterocycles. The highest BCUT2D eigenvalue weighted by Crippen LogP contribution is 2.30. The fourth-order valence-corrected chi connectivity index (χ4v) is 5.21. The van der Waals surface area contributed by atoms with Gasteiger partial charge in [0.2, 0.25) is 11.8 Å². The Morgan fingerprint density at radius 2 is 1.83 bits per heavy atom. The van der Waals surface area contributed by atoms with E-state index in [4.69, 9.17) is 4.74 Å². The molecule has 4 rings (SSSR count). The first-order valence-corrected chi connectivity index (χ1v) is 12.0. The summed E-state index contributed by atoms with van der Waals surface area (Å²) in [7, 11) is 3.28. The number of ether oxygens (including phenoxy) is 1. The molecule has 8 heteroatoms. The van der Waals surface area contributed by atoms with E-state index in [0.717, 1.165) is 24.0 Å². The largest absolute Gasteiger partial charge is 0.375 e. The Labute approximate surface area is 205 Å². The van der Waals surface area contributed by atoms with Gasteiger partial charge in [0.05, 0.1) is 12.5 Å². The van der Waals surface area contributed by atoms with Gasteiger partial charge in [0.15, 0.2) is 0 Å². The van der Waals surface area contributed by atoms with Crippen LogP contribution in [0.3, 0.4) is 0 Å². The first kappa shape index (κ1) is 24.9. The number of likely N-dealkylation sites (N-methyl/N-ethyl adjacent to an activating group) is 1. The Kier molecular flexibility index (Phi) is 7.80. The number of benzene rings is 2. The van der Waals surface area contributed by atoms with Gasteiger partial charge in [0, 0.05) is 38.9 Å². The van der Waals surface area contributed by atoms with Gasteiger partial charge in [-0.2, -0.15) is 0 Å². The number of methoxy groups -OCH3 is 1. The molecule has 2 aromatic rings. The van der Waals surface area contributed by atoms with Crippen molar-refractivity contribution in [3.63, 3.8) is 0 Å². The second kappa shape index (κ2) is 11.0. The Morgan fingerprint density at radius 1 is 1.14 bits per heavy atom. The number of carbonyl (C=O) groups is 3. The van der Waals surface area contributed by atoms with Crippen molar-refractivity contribution in [1.82, 2.24) is 15.1 Å². The maximum absolute atomic E-state index is 13.4. The summed E-state index contributed by atoms with van der Waals surface area (Å²) >= 11 is 0. The van der Waals surface area contributed by atoms with E-state index in [1.165, 1.54) is 19.2 Å². The lowest BCUT2D eigenvalue weighted by molar-refractivity contribution is -0.139. The van der Waals surface area contributed by atoms with Crippen molar-refractivity contribution in [3.8, 4) is 0 Å². The fourth-order valence-electron chi connectivity index (χ4n) is 5.21. The maximum Gasteiger partial charge on any atom is 0.252 e. The third-order valence-electron chi connectivity index (χ3n) is 7.22. The molecule has 0 aromatic heterocycles. The molecule has 0 unspecified atom stereocenters. The van der Waals surface area contributed by atoms with Crippen LogP contribution in [0, 0.1) is 11.7 Å². The zero-order valence-electron chi connectivity index (χ0n) is 20.2. The highest BCUT2D eigenvalue weighted by molar-refractivity contribution is 5.99. The van der Waals surface area contributed by atoms with Gasteiger partial charge in [-0.3, -0.25) is 14.4 Å². The third kappa shape index (κ3) is 5.70. The Hall–Kier alpha value is -3.26. The number of hydrogen-bond donors (Lipinski definition) is 1. The number of nitrogens with zero attached hydrogens (tertiary/aromatic N) is 2. The van der Waals surface area contributed by atoms with E-state index in [0.29, 0.717) is 25.1 Å². The molecule has 0 aliphatic carbocycles. The van der Waals surface area contributed by atoms with E-state index in [1.807, 2.05) is 23.1 Å². The molecular formula is C27H32FN3O4. The second-order valence-electron chi connectivity index (χ2n) is 9.37. The molecule has 2 aromatic carbocycles. The highest BCUT2D eigenvalue weighted by Gasteiger charge is 2.35. The number of hydrogen-bond acceptors (Lipinski definition) is 4. The monoisotopic (exact) mass is 481 g/mol. The first-order valence-electron chi connectivity index (χ1n) is 12.0. The molecule has 3 amide bonds. The molecule has 2 aliphatic heterocycles. The topological polar surface area (TPSA) is 79.0 Å². The van der Waals surface area contributed by atoms with Gasteiger partial charge in [-0.1, -0.05) is 30.3 Å². The lowest BCUT2D eigenvalue weighted by Gasteiger charge is -2.40. The van der Waals surface area contributed by atoms with Crippen LogP contribution in [0.2, 0.25) is 0 Å². The van der Waals surface area contributed by atoms with E-state index in [2.05, 4.69) is 5.32 Å².